The Bertz CT molecular complexity index is 687. The van der Waals surface area contributed by atoms with Gasteiger partial charge in [-0.25, -0.2) is 13.2 Å². The zero-order valence-electron chi connectivity index (χ0n) is 13.1. The van der Waals surface area contributed by atoms with Gasteiger partial charge in [0.2, 0.25) is 10.0 Å². The lowest BCUT2D eigenvalue weighted by atomic mass is 9.98. The van der Waals surface area contributed by atoms with E-state index in [1.165, 1.54) is 28.6 Å². The molecule has 6 nitrogen and oxygen atoms in total. The van der Waals surface area contributed by atoms with Crippen molar-refractivity contribution in [1.29, 1.82) is 0 Å². The van der Waals surface area contributed by atoms with Gasteiger partial charge in [0, 0.05) is 19.1 Å². The van der Waals surface area contributed by atoms with Crippen molar-refractivity contribution < 1.29 is 17.9 Å². The molecule has 0 amide bonds. The van der Waals surface area contributed by atoms with Crippen LogP contribution in [-0.2, 0) is 14.8 Å². The molecule has 3 unspecified atom stereocenters. The molecular weight excluding hydrogens is 316 g/mol. The van der Waals surface area contributed by atoms with E-state index in [2.05, 4.69) is 0 Å². The van der Waals surface area contributed by atoms with Crippen molar-refractivity contribution in [1.82, 2.24) is 4.31 Å². The lowest BCUT2D eigenvalue weighted by Gasteiger charge is -2.18. The molecule has 1 aromatic carbocycles. The number of carbonyl (C=O) groups is 1. The highest BCUT2D eigenvalue weighted by Crippen LogP contribution is 2.39. The first-order valence-electron chi connectivity index (χ1n) is 7.96. The van der Waals surface area contributed by atoms with Gasteiger partial charge in [-0.2, -0.15) is 4.31 Å². The first-order valence-corrected chi connectivity index (χ1v) is 9.40. The number of ether oxygens (including phenoxy) is 1. The summed E-state index contributed by atoms with van der Waals surface area (Å²) in [5, 5.41) is 0. The van der Waals surface area contributed by atoms with Crippen LogP contribution in [0.2, 0.25) is 0 Å². The average Bonchev–Trinajstić information content (AvgIpc) is 3.11. The quantitative estimate of drug-likeness (QED) is 0.834. The smallest absolute Gasteiger partial charge is 0.338 e. The summed E-state index contributed by atoms with van der Waals surface area (Å²) in [5.41, 5.74) is 6.43. The Kier molecular flexibility index (Phi) is 4.44. The lowest BCUT2D eigenvalue weighted by molar-refractivity contribution is 0.0526. The average molecular weight is 338 g/mol. The zero-order valence-corrected chi connectivity index (χ0v) is 14.0. The second-order valence-electron chi connectivity index (χ2n) is 6.23. The van der Waals surface area contributed by atoms with Gasteiger partial charge in [0.05, 0.1) is 17.1 Å². The van der Waals surface area contributed by atoms with E-state index < -0.39 is 16.0 Å². The summed E-state index contributed by atoms with van der Waals surface area (Å²) in [4.78, 5) is 11.8. The third-order valence-corrected chi connectivity index (χ3v) is 6.73. The molecule has 126 valence electrons. The molecule has 0 radical (unpaired) electrons. The number of sulfonamides is 1. The van der Waals surface area contributed by atoms with Crippen LogP contribution >= 0.6 is 0 Å². The van der Waals surface area contributed by atoms with Crippen LogP contribution in [0.4, 0.5) is 0 Å². The Hall–Kier alpha value is -1.44. The highest BCUT2D eigenvalue weighted by atomic mass is 32.2. The number of fused-ring (bicyclic) bond motifs is 1. The fraction of sp³-hybridized carbons (Fsp3) is 0.562. The first kappa shape index (κ1) is 16.4. The van der Waals surface area contributed by atoms with Crippen LogP contribution in [0, 0.1) is 11.8 Å². The van der Waals surface area contributed by atoms with E-state index in [9.17, 15) is 13.2 Å². The molecule has 0 aromatic heterocycles. The molecule has 23 heavy (non-hydrogen) atoms. The molecule has 7 heteroatoms. The van der Waals surface area contributed by atoms with Crippen molar-refractivity contribution >= 4 is 16.0 Å². The Morgan fingerprint density at radius 2 is 1.96 bits per heavy atom. The molecule has 1 saturated carbocycles. The maximum atomic E-state index is 12.7. The molecule has 2 fully saturated rings. The van der Waals surface area contributed by atoms with Crippen LogP contribution < -0.4 is 5.73 Å². The van der Waals surface area contributed by atoms with Crippen LogP contribution in [0.25, 0.3) is 0 Å². The molecule has 1 saturated heterocycles. The minimum absolute atomic E-state index is 0.103. The highest BCUT2D eigenvalue weighted by molar-refractivity contribution is 7.89. The fourth-order valence-electron chi connectivity index (χ4n) is 3.59. The normalized spacial score (nSPS) is 27.8. The van der Waals surface area contributed by atoms with Crippen molar-refractivity contribution in [3.8, 4) is 0 Å². The minimum Gasteiger partial charge on any atom is -0.462 e. The SMILES string of the molecule is CCOC(=O)c1ccc(S(=O)(=O)N2CC3CCC(N)C3C2)cc1. The summed E-state index contributed by atoms with van der Waals surface area (Å²) in [5.74, 6) is 0.195. The molecule has 0 bridgehead atoms. The van der Waals surface area contributed by atoms with Gasteiger partial charge in [-0.3, -0.25) is 0 Å². The van der Waals surface area contributed by atoms with Crippen molar-refractivity contribution in [2.24, 2.45) is 17.6 Å². The Balaban J connectivity index is 1.77. The van der Waals surface area contributed by atoms with Gasteiger partial charge in [0.15, 0.2) is 0 Å². The summed E-state index contributed by atoms with van der Waals surface area (Å²) in [7, 11) is -3.53. The molecule has 1 aliphatic carbocycles. The fourth-order valence-corrected chi connectivity index (χ4v) is 5.12. The van der Waals surface area contributed by atoms with E-state index in [-0.39, 0.29) is 23.5 Å². The predicted octanol–water partition coefficient (Wildman–Crippen LogP) is 1.22. The lowest BCUT2D eigenvalue weighted by Crippen LogP contribution is -2.33. The number of nitrogens with zero attached hydrogens (tertiary/aromatic N) is 1. The standard InChI is InChI=1S/C16H22N2O4S/c1-2-22-16(19)11-3-6-13(7-4-11)23(20,21)18-9-12-5-8-15(17)14(12)10-18/h3-4,6-7,12,14-15H,2,5,8-10,17H2,1H3. The summed E-state index contributed by atoms with van der Waals surface area (Å²) in [6, 6.07) is 6.03. The molecule has 3 rings (SSSR count). The third kappa shape index (κ3) is 3.00. The van der Waals surface area contributed by atoms with Crippen molar-refractivity contribution in [3.63, 3.8) is 0 Å². The van der Waals surface area contributed by atoms with Gasteiger partial charge in [-0.05, 0) is 55.9 Å². The Morgan fingerprint density at radius 1 is 1.26 bits per heavy atom. The number of nitrogens with two attached hydrogens (primary N) is 1. The third-order valence-electron chi connectivity index (χ3n) is 4.88. The molecular formula is C16H22N2O4S. The molecule has 2 aliphatic rings. The second kappa shape index (κ2) is 6.22. The molecule has 2 N–H and O–H groups in total. The van der Waals surface area contributed by atoms with Crippen LogP contribution in [-0.4, -0.2) is 44.4 Å². The molecule has 1 aliphatic heterocycles. The van der Waals surface area contributed by atoms with Crippen molar-refractivity contribution in [2.45, 2.75) is 30.7 Å². The van der Waals surface area contributed by atoms with Crippen LogP contribution in [0.5, 0.6) is 0 Å². The molecule has 0 spiro atoms. The number of benzene rings is 1. The number of hydrogen-bond donors (Lipinski definition) is 1. The monoisotopic (exact) mass is 338 g/mol. The van der Waals surface area contributed by atoms with E-state index >= 15 is 0 Å². The van der Waals surface area contributed by atoms with E-state index in [1.807, 2.05) is 0 Å². The van der Waals surface area contributed by atoms with Crippen molar-refractivity contribution in [3.05, 3.63) is 29.8 Å². The second-order valence-corrected chi connectivity index (χ2v) is 8.17. The summed E-state index contributed by atoms with van der Waals surface area (Å²) >= 11 is 0. The Labute approximate surface area is 136 Å². The minimum atomic E-state index is -3.53. The maximum absolute atomic E-state index is 12.7. The van der Waals surface area contributed by atoms with E-state index in [1.54, 1.807) is 6.92 Å². The topological polar surface area (TPSA) is 89.7 Å². The summed E-state index contributed by atoms with van der Waals surface area (Å²) in [6.07, 6.45) is 1.98. The summed E-state index contributed by atoms with van der Waals surface area (Å²) < 4.78 is 31.9. The zero-order chi connectivity index (χ0) is 16.6. The summed E-state index contributed by atoms with van der Waals surface area (Å²) in [6.45, 7) is 3.05. The van der Waals surface area contributed by atoms with Gasteiger partial charge in [0.1, 0.15) is 0 Å². The van der Waals surface area contributed by atoms with E-state index in [0.29, 0.717) is 24.6 Å². The highest BCUT2D eigenvalue weighted by Gasteiger charge is 2.45. The van der Waals surface area contributed by atoms with Crippen LogP contribution in [0.3, 0.4) is 0 Å². The number of carbonyl (C=O) groups excluding carboxylic acids is 1. The van der Waals surface area contributed by atoms with E-state index in [4.69, 9.17) is 10.5 Å². The van der Waals surface area contributed by atoms with Gasteiger partial charge in [-0.15, -0.1) is 0 Å². The molecule has 1 heterocycles. The predicted molar refractivity (Wildman–Crippen MR) is 85.3 cm³/mol. The van der Waals surface area contributed by atoms with Gasteiger partial charge >= 0.3 is 5.97 Å². The van der Waals surface area contributed by atoms with Gasteiger partial charge in [-0.1, -0.05) is 0 Å². The van der Waals surface area contributed by atoms with Gasteiger partial charge in [0.25, 0.3) is 0 Å². The maximum Gasteiger partial charge on any atom is 0.338 e. The number of rotatable bonds is 4. The number of hydrogen-bond acceptors (Lipinski definition) is 5. The first-order chi connectivity index (χ1) is 10.9. The molecule has 3 atom stereocenters. The Morgan fingerprint density at radius 3 is 2.57 bits per heavy atom. The number of esters is 1. The van der Waals surface area contributed by atoms with Gasteiger partial charge < -0.3 is 10.5 Å². The van der Waals surface area contributed by atoms with Crippen LogP contribution in [0.15, 0.2) is 29.2 Å². The molecule has 1 aromatic rings. The van der Waals surface area contributed by atoms with Crippen LogP contribution in [0.1, 0.15) is 30.1 Å². The van der Waals surface area contributed by atoms with E-state index in [0.717, 1.165) is 12.8 Å². The van der Waals surface area contributed by atoms with Crippen molar-refractivity contribution in [2.75, 3.05) is 19.7 Å². The largest absolute Gasteiger partial charge is 0.462 e.